The maximum atomic E-state index is 7.14. The standard InChI is InChI=1S/C57H44N2/c1-57(2)55-46(26-15-27-51(55)52-33-32-40-20-9-10-22-45(40)56(52)57)42-30-28-41(29-31-42)44-34-35-49(48-24-13-12-23-47(44)48)53(58)36-54(59-37-38-16-5-3-6-17-38)50-25-14-11-21-43(50)39-18-7-4-8-19-39/h3-36H,37,58H2,1-2H3/b53-36-,59-54?. The number of allylic oxidation sites excluding steroid dienone is 1. The summed E-state index contributed by atoms with van der Waals surface area (Å²) < 4.78 is 0. The van der Waals surface area contributed by atoms with Crippen molar-refractivity contribution in [2.75, 3.05) is 0 Å². The van der Waals surface area contributed by atoms with Crippen molar-refractivity contribution in [1.29, 1.82) is 0 Å². The van der Waals surface area contributed by atoms with E-state index in [9.17, 15) is 0 Å². The van der Waals surface area contributed by atoms with Crippen LogP contribution in [0.2, 0.25) is 0 Å². The van der Waals surface area contributed by atoms with Gasteiger partial charge in [-0.2, -0.15) is 0 Å². The van der Waals surface area contributed by atoms with E-state index in [1.54, 1.807) is 0 Å². The van der Waals surface area contributed by atoms with E-state index < -0.39 is 0 Å². The Kier molecular flexibility index (Phi) is 9.11. The molecule has 0 saturated carbocycles. The van der Waals surface area contributed by atoms with Crippen LogP contribution in [0.4, 0.5) is 0 Å². The van der Waals surface area contributed by atoms with E-state index in [1.165, 1.54) is 55.3 Å². The summed E-state index contributed by atoms with van der Waals surface area (Å²) in [4.78, 5) is 5.21. The van der Waals surface area contributed by atoms with Crippen molar-refractivity contribution in [1.82, 2.24) is 0 Å². The number of aliphatic imine (C=N–C) groups is 1. The first-order valence-corrected chi connectivity index (χ1v) is 20.4. The van der Waals surface area contributed by atoms with Gasteiger partial charge in [-0.25, -0.2) is 0 Å². The summed E-state index contributed by atoms with van der Waals surface area (Å²) in [6, 6.07) is 71.6. The van der Waals surface area contributed by atoms with Gasteiger partial charge in [0, 0.05) is 22.2 Å². The number of hydrogen-bond acceptors (Lipinski definition) is 2. The van der Waals surface area contributed by atoms with Gasteiger partial charge in [-0.3, -0.25) is 4.99 Å². The fraction of sp³-hybridized carbons (Fsp3) is 0.0702. The maximum absolute atomic E-state index is 7.14. The zero-order chi connectivity index (χ0) is 39.9. The van der Waals surface area contributed by atoms with Crippen molar-refractivity contribution in [2.24, 2.45) is 10.7 Å². The Labute approximate surface area is 346 Å². The van der Waals surface area contributed by atoms with Gasteiger partial charge in [0.15, 0.2) is 0 Å². The summed E-state index contributed by atoms with van der Waals surface area (Å²) in [5.74, 6) is 0. The molecule has 0 heterocycles. The van der Waals surface area contributed by atoms with Crippen molar-refractivity contribution < 1.29 is 0 Å². The van der Waals surface area contributed by atoms with Gasteiger partial charge in [0.1, 0.15) is 0 Å². The minimum absolute atomic E-state index is 0.143. The highest BCUT2D eigenvalue weighted by atomic mass is 14.7. The van der Waals surface area contributed by atoms with Crippen LogP contribution in [0.25, 0.3) is 71.7 Å². The lowest BCUT2D eigenvalue weighted by atomic mass is 9.77. The van der Waals surface area contributed by atoms with Crippen LogP contribution in [0.3, 0.4) is 0 Å². The number of rotatable bonds is 8. The maximum Gasteiger partial charge on any atom is 0.0677 e. The van der Waals surface area contributed by atoms with Crippen LogP contribution in [0.5, 0.6) is 0 Å². The molecule has 0 fully saturated rings. The van der Waals surface area contributed by atoms with Crippen LogP contribution in [-0.4, -0.2) is 5.71 Å². The first-order valence-electron chi connectivity index (χ1n) is 20.4. The van der Waals surface area contributed by atoms with Crippen molar-refractivity contribution >= 4 is 33.0 Å². The van der Waals surface area contributed by atoms with Crippen LogP contribution >= 0.6 is 0 Å². The molecule has 9 aromatic rings. The molecule has 9 aromatic carbocycles. The number of fused-ring (bicyclic) bond motifs is 6. The minimum atomic E-state index is -0.143. The molecule has 2 N–H and O–H groups in total. The first kappa shape index (κ1) is 36.1. The molecule has 2 heteroatoms. The largest absolute Gasteiger partial charge is 0.398 e. The summed E-state index contributed by atoms with van der Waals surface area (Å²) in [5, 5.41) is 4.89. The van der Waals surface area contributed by atoms with Crippen molar-refractivity contribution in [3.63, 3.8) is 0 Å². The third-order valence-electron chi connectivity index (χ3n) is 12.1. The SMILES string of the molecule is CC1(C)c2c(-c3ccc(-c4ccc(/C(N)=C/C(=NCc5ccccc5)c5ccccc5-c5ccccc5)c5ccccc45)cc3)cccc2-c2ccc3ccccc3c21. The molecule has 0 unspecified atom stereocenters. The fourth-order valence-corrected chi connectivity index (χ4v) is 9.39. The zero-order valence-corrected chi connectivity index (χ0v) is 33.4. The van der Waals surface area contributed by atoms with Crippen LogP contribution in [0.1, 0.15) is 41.7 Å². The van der Waals surface area contributed by atoms with E-state index in [0.29, 0.717) is 12.2 Å². The number of nitrogens with two attached hydrogens (primary N) is 1. The Morgan fingerprint density at radius 3 is 1.78 bits per heavy atom. The summed E-state index contributed by atoms with van der Waals surface area (Å²) in [7, 11) is 0. The molecule has 2 nitrogen and oxygen atoms in total. The van der Waals surface area contributed by atoms with Gasteiger partial charge in [-0.05, 0) is 88.8 Å². The Morgan fingerprint density at radius 1 is 0.441 bits per heavy atom. The molecule has 0 atom stereocenters. The topological polar surface area (TPSA) is 38.4 Å². The molecule has 59 heavy (non-hydrogen) atoms. The van der Waals surface area contributed by atoms with Gasteiger partial charge in [0.25, 0.3) is 0 Å². The normalized spacial score (nSPS) is 13.4. The van der Waals surface area contributed by atoms with Crippen LogP contribution < -0.4 is 5.73 Å². The van der Waals surface area contributed by atoms with E-state index in [1.807, 2.05) is 12.1 Å². The van der Waals surface area contributed by atoms with E-state index in [-0.39, 0.29) is 5.41 Å². The van der Waals surface area contributed by atoms with Gasteiger partial charge in [-0.1, -0.05) is 214 Å². The molecule has 0 amide bonds. The molecule has 282 valence electrons. The van der Waals surface area contributed by atoms with Crippen molar-refractivity contribution in [3.8, 4) is 44.5 Å². The monoisotopic (exact) mass is 756 g/mol. The molecule has 0 aliphatic heterocycles. The second-order valence-electron chi connectivity index (χ2n) is 16.0. The lowest BCUT2D eigenvalue weighted by Gasteiger charge is -2.26. The summed E-state index contributed by atoms with van der Waals surface area (Å²) in [5.41, 5.74) is 24.3. The van der Waals surface area contributed by atoms with Crippen LogP contribution in [-0.2, 0) is 12.0 Å². The third kappa shape index (κ3) is 6.44. The molecule has 10 rings (SSSR count). The van der Waals surface area contributed by atoms with Crippen molar-refractivity contribution in [2.45, 2.75) is 25.8 Å². The Balaban J connectivity index is 1.02. The number of benzene rings is 9. The number of hydrogen-bond donors (Lipinski definition) is 1. The van der Waals surface area contributed by atoms with Crippen LogP contribution in [0.15, 0.2) is 211 Å². The Bertz CT molecular complexity index is 3080. The van der Waals surface area contributed by atoms with E-state index in [0.717, 1.165) is 44.3 Å². The lowest BCUT2D eigenvalue weighted by Crippen LogP contribution is -2.16. The molecule has 0 bridgehead atoms. The first-order chi connectivity index (χ1) is 29.0. The quantitative estimate of drug-likeness (QED) is 0.154. The molecule has 0 saturated heterocycles. The van der Waals surface area contributed by atoms with Crippen LogP contribution in [0, 0.1) is 0 Å². The van der Waals surface area contributed by atoms with Gasteiger partial charge >= 0.3 is 0 Å². The molecular weight excluding hydrogens is 713 g/mol. The third-order valence-corrected chi connectivity index (χ3v) is 12.1. The van der Waals surface area contributed by atoms with E-state index in [4.69, 9.17) is 10.7 Å². The Morgan fingerprint density at radius 2 is 1.00 bits per heavy atom. The summed E-state index contributed by atoms with van der Waals surface area (Å²) in [6.45, 7) is 5.32. The van der Waals surface area contributed by atoms with E-state index >= 15 is 0 Å². The number of nitrogens with zero attached hydrogens (tertiary/aromatic N) is 1. The molecule has 0 aromatic heterocycles. The smallest absolute Gasteiger partial charge is 0.0677 e. The average molecular weight is 757 g/mol. The second kappa shape index (κ2) is 14.9. The van der Waals surface area contributed by atoms with Gasteiger partial charge in [0.2, 0.25) is 0 Å². The second-order valence-corrected chi connectivity index (χ2v) is 16.0. The molecule has 0 radical (unpaired) electrons. The molecule has 1 aliphatic carbocycles. The predicted molar refractivity (Wildman–Crippen MR) is 251 cm³/mol. The molecular formula is C57H44N2. The van der Waals surface area contributed by atoms with E-state index in [2.05, 4.69) is 208 Å². The van der Waals surface area contributed by atoms with Gasteiger partial charge in [-0.15, -0.1) is 0 Å². The highest BCUT2D eigenvalue weighted by Gasteiger charge is 2.38. The fourth-order valence-electron chi connectivity index (χ4n) is 9.39. The average Bonchev–Trinajstić information content (AvgIpc) is 3.54. The zero-order valence-electron chi connectivity index (χ0n) is 33.4. The predicted octanol–water partition coefficient (Wildman–Crippen LogP) is 14.3. The summed E-state index contributed by atoms with van der Waals surface area (Å²) >= 11 is 0. The van der Waals surface area contributed by atoms with Crippen molar-refractivity contribution in [3.05, 3.63) is 234 Å². The minimum Gasteiger partial charge on any atom is -0.398 e. The molecule has 0 spiro atoms. The lowest BCUT2D eigenvalue weighted by molar-refractivity contribution is 0.668. The highest BCUT2D eigenvalue weighted by molar-refractivity contribution is 6.16. The molecule has 1 aliphatic rings. The highest BCUT2D eigenvalue weighted by Crippen LogP contribution is 2.54. The summed E-state index contributed by atoms with van der Waals surface area (Å²) in [6.07, 6.45) is 2.06. The Hall–Kier alpha value is -7.29. The van der Waals surface area contributed by atoms with Gasteiger partial charge in [0.05, 0.1) is 12.3 Å². The van der Waals surface area contributed by atoms with Gasteiger partial charge < -0.3 is 5.73 Å².